The van der Waals surface area contributed by atoms with Crippen LogP contribution in [0.25, 0.3) is 0 Å². The molecule has 0 radical (unpaired) electrons. The van der Waals surface area contributed by atoms with Crippen molar-refractivity contribution in [3.05, 3.63) is 35.9 Å². The summed E-state index contributed by atoms with van der Waals surface area (Å²) < 4.78 is 15.4. The Hall–Kier alpha value is -1.39. The van der Waals surface area contributed by atoms with Gasteiger partial charge in [-0.15, -0.1) is 0 Å². The Labute approximate surface area is 101 Å². The summed E-state index contributed by atoms with van der Waals surface area (Å²) in [6.07, 6.45) is 0. The molecule has 1 atom stereocenters. The van der Waals surface area contributed by atoms with Crippen LogP contribution in [-0.2, 0) is 19.0 Å². The number of ether oxygens (including phenoxy) is 3. The van der Waals surface area contributed by atoms with Gasteiger partial charge in [0.2, 0.25) is 0 Å². The molecule has 1 rings (SSSR count). The van der Waals surface area contributed by atoms with E-state index in [2.05, 4.69) is 0 Å². The third-order valence-corrected chi connectivity index (χ3v) is 2.90. The Bertz CT molecular complexity index is 357. The van der Waals surface area contributed by atoms with Gasteiger partial charge in [0.1, 0.15) is 5.92 Å². The van der Waals surface area contributed by atoms with Gasteiger partial charge in [-0.1, -0.05) is 30.3 Å². The lowest BCUT2D eigenvalue weighted by molar-refractivity contribution is -0.215. The molecule has 0 saturated carbocycles. The highest BCUT2D eigenvalue weighted by molar-refractivity contribution is 5.79. The van der Waals surface area contributed by atoms with Crippen LogP contribution in [0.5, 0.6) is 0 Å². The highest BCUT2D eigenvalue weighted by Gasteiger charge is 2.41. The van der Waals surface area contributed by atoms with Crippen molar-refractivity contribution in [2.45, 2.75) is 18.6 Å². The van der Waals surface area contributed by atoms with Crippen molar-refractivity contribution >= 4 is 5.97 Å². The number of benzene rings is 1. The van der Waals surface area contributed by atoms with E-state index in [1.54, 1.807) is 6.92 Å². The third kappa shape index (κ3) is 2.84. The zero-order chi connectivity index (χ0) is 12.9. The monoisotopic (exact) mass is 238 g/mol. The van der Waals surface area contributed by atoms with Gasteiger partial charge in [-0.3, -0.25) is 4.79 Å². The fourth-order valence-corrected chi connectivity index (χ4v) is 1.74. The maximum Gasteiger partial charge on any atom is 0.318 e. The summed E-state index contributed by atoms with van der Waals surface area (Å²) in [4.78, 5) is 11.9. The largest absolute Gasteiger partial charge is 0.468 e. The lowest BCUT2D eigenvalue weighted by Gasteiger charge is -2.33. The topological polar surface area (TPSA) is 44.8 Å². The lowest BCUT2D eigenvalue weighted by atomic mass is 9.91. The van der Waals surface area contributed by atoms with E-state index < -0.39 is 11.7 Å². The van der Waals surface area contributed by atoms with E-state index >= 15 is 0 Å². The minimum Gasteiger partial charge on any atom is -0.468 e. The van der Waals surface area contributed by atoms with Gasteiger partial charge >= 0.3 is 5.97 Å². The number of methoxy groups -OCH3 is 3. The van der Waals surface area contributed by atoms with Gasteiger partial charge in [-0.25, -0.2) is 0 Å². The van der Waals surface area contributed by atoms with Gasteiger partial charge in [0.05, 0.1) is 7.11 Å². The van der Waals surface area contributed by atoms with Crippen molar-refractivity contribution in [3.63, 3.8) is 0 Å². The zero-order valence-electron chi connectivity index (χ0n) is 10.6. The molecular formula is C13H18O4. The number of carbonyl (C=O) groups is 1. The van der Waals surface area contributed by atoms with Gasteiger partial charge in [-0.05, 0) is 12.5 Å². The molecule has 0 aliphatic heterocycles. The summed E-state index contributed by atoms with van der Waals surface area (Å²) in [7, 11) is 4.36. The molecule has 0 aliphatic carbocycles. The lowest BCUT2D eigenvalue weighted by Crippen LogP contribution is -2.41. The summed E-state index contributed by atoms with van der Waals surface area (Å²) in [5.74, 6) is -2.06. The molecule has 0 heterocycles. The molecule has 0 spiro atoms. The Morgan fingerprint density at radius 3 is 2.06 bits per heavy atom. The van der Waals surface area contributed by atoms with E-state index in [0.29, 0.717) is 0 Å². The van der Waals surface area contributed by atoms with Crippen LogP contribution in [0.3, 0.4) is 0 Å². The van der Waals surface area contributed by atoms with E-state index in [0.717, 1.165) is 5.56 Å². The molecule has 17 heavy (non-hydrogen) atoms. The first-order valence-electron chi connectivity index (χ1n) is 5.32. The summed E-state index contributed by atoms with van der Waals surface area (Å²) in [5.41, 5.74) is 0.797. The fraction of sp³-hybridized carbons (Fsp3) is 0.462. The molecule has 1 aromatic rings. The Balaban J connectivity index is 3.17. The van der Waals surface area contributed by atoms with Crippen LogP contribution < -0.4 is 0 Å². The van der Waals surface area contributed by atoms with Crippen LogP contribution in [0.1, 0.15) is 18.4 Å². The average Bonchev–Trinajstić information content (AvgIpc) is 2.39. The van der Waals surface area contributed by atoms with E-state index in [9.17, 15) is 4.79 Å². The molecule has 0 bridgehead atoms. The normalized spacial score (nSPS) is 13.2. The van der Waals surface area contributed by atoms with E-state index in [1.807, 2.05) is 30.3 Å². The van der Waals surface area contributed by atoms with Crippen molar-refractivity contribution < 1.29 is 19.0 Å². The number of hydrogen-bond acceptors (Lipinski definition) is 4. The maximum atomic E-state index is 11.9. The summed E-state index contributed by atoms with van der Waals surface area (Å²) in [6.45, 7) is 1.71. The van der Waals surface area contributed by atoms with E-state index in [1.165, 1.54) is 21.3 Å². The van der Waals surface area contributed by atoms with E-state index in [4.69, 9.17) is 14.2 Å². The van der Waals surface area contributed by atoms with Crippen LogP contribution in [0.15, 0.2) is 30.3 Å². The molecule has 4 nitrogen and oxygen atoms in total. The first kappa shape index (κ1) is 13.7. The first-order valence-corrected chi connectivity index (χ1v) is 5.32. The molecule has 0 fully saturated rings. The number of carbonyl (C=O) groups excluding carboxylic acids is 1. The van der Waals surface area contributed by atoms with Crippen molar-refractivity contribution in [2.75, 3.05) is 21.3 Å². The van der Waals surface area contributed by atoms with Crippen molar-refractivity contribution in [3.8, 4) is 0 Å². The third-order valence-electron chi connectivity index (χ3n) is 2.90. The highest BCUT2D eigenvalue weighted by Crippen LogP contribution is 2.32. The van der Waals surface area contributed by atoms with Gasteiger partial charge in [0.15, 0.2) is 5.79 Å². The number of esters is 1. The second-order valence-electron chi connectivity index (χ2n) is 3.79. The molecule has 0 saturated heterocycles. The second kappa shape index (κ2) is 5.80. The average molecular weight is 238 g/mol. The SMILES string of the molecule is COC(=O)C(c1ccccc1)C(C)(OC)OC. The molecule has 94 valence electrons. The van der Waals surface area contributed by atoms with Crippen molar-refractivity contribution in [2.24, 2.45) is 0 Å². The summed E-state index contributed by atoms with van der Waals surface area (Å²) in [6, 6.07) is 9.29. The summed E-state index contributed by atoms with van der Waals surface area (Å²) in [5, 5.41) is 0. The van der Waals surface area contributed by atoms with Crippen LogP contribution in [0.4, 0.5) is 0 Å². The Morgan fingerprint density at radius 1 is 1.12 bits per heavy atom. The second-order valence-corrected chi connectivity index (χ2v) is 3.79. The predicted octanol–water partition coefficient (Wildman–Crippen LogP) is 1.95. The van der Waals surface area contributed by atoms with Gasteiger partial charge < -0.3 is 14.2 Å². The smallest absolute Gasteiger partial charge is 0.318 e. The van der Waals surface area contributed by atoms with Crippen molar-refractivity contribution in [1.29, 1.82) is 0 Å². The highest BCUT2D eigenvalue weighted by atomic mass is 16.7. The minimum absolute atomic E-state index is 0.387. The fourth-order valence-electron chi connectivity index (χ4n) is 1.74. The van der Waals surface area contributed by atoms with Gasteiger partial charge in [-0.2, -0.15) is 0 Å². The van der Waals surface area contributed by atoms with Gasteiger partial charge in [0, 0.05) is 14.2 Å². The zero-order valence-corrected chi connectivity index (χ0v) is 10.6. The van der Waals surface area contributed by atoms with E-state index in [-0.39, 0.29) is 5.97 Å². The van der Waals surface area contributed by atoms with Crippen LogP contribution >= 0.6 is 0 Å². The maximum absolute atomic E-state index is 11.9. The molecular weight excluding hydrogens is 220 g/mol. The molecule has 0 aromatic heterocycles. The minimum atomic E-state index is -1.05. The molecule has 0 N–H and O–H groups in total. The molecule has 1 aromatic carbocycles. The number of hydrogen-bond donors (Lipinski definition) is 0. The number of rotatable bonds is 5. The Kier molecular flexibility index (Phi) is 4.66. The van der Waals surface area contributed by atoms with Crippen LogP contribution in [-0.4, -0.2) is 33.1 Å². The van der Waals surface area contributed by atoms with Gasteiger partial charge in [0.25, 0.3) is 0 Å². The van der Waals surface area contributed by atoms with Crippen molar-refractivity contribution in [1.82, 2.24) is 0 Å². The Morgan fingerprint density at radius 2 is 1.65 bits per heavy atom. The quantitative estimate of drug-likeness (QED) is 0.581. The molecule has 0 aliphatic rings. The summed E-state index contributed by atoms with van der Waals surface area (Å²) >= 11 is 0. The molecule has 0 amide bonds. The van der Waals surface area contributed by atoms with Crippen LogP contribution in [0, 0.1) is 0 Å². The standard InChI is InChI=1S/C13H18O4/c1-13(16-3,17-4)11(12(14)15-2)10-8-6-5-7-9-10/h5-9,11H,1-4H3. The first-order chi connectivity index (χ1) is 8.09. The van der Waals surface area contributed by atoms with Crippen LogP contribution in [0.2, 0.25) is 0 Å². The molecule has 1 unspecified atom stereocenters. The predicted molar refractivity (Wildman–Crippen MR) is 63.6 cm³/mol. The molecule has 4 heteroatoms.